The van der Waals surface area contributed by atoms with Gasteiger partial charge in [-0.2, -0.15) is 0 Å². The Balaban J connectivity index is 1.85. The maximum Gasteiger partial charge on any atom is 0.294 e. The predicted molar refractivity (Wildman–Crippen MR) is 103 cm³/mol. The molecule has 0 radical (unpaired) electrons. The second kappa shape index (κ2) is 9.75. The molecule has 0 aliphatic carbocycles. The summed E-state index contributed by atoms with van der Waals surface area (Å²) in [4.78, 5) is 24.4. The number of amides is 1. The summed E-state index contributed by atoms with van der Waals surface area (Å²) in [5, 5.41) is 13.8. The number of rotatable bonds is 9. The third-order valence-electron chi connectivity index (χ3n) is 3.64. The molecule has 0 atom stereocenters. The number of halogens is 1. The van der Waals surface area contributed by atoms with E-state index in [1.54, 1.807) is 31.2 Å². The van der Waals surface area contributed by atoms with Gasteiger partial charge in [0, 0.05) is 17.6 Å². The molecule has 2 rings (SSSR count). The topological polar surface area (TPSA) is 93.9 Å². The minimum atomic E-state index is -0.591. The van der Waals surface area contributed by atoms with Gasteiger partial charge in [0.25, 0.3) is 5.69 Å². The number of likely N-dealkylation sites (N-methyl/N-ethyl adjacent to an activating group) is 1. The zero-order chi connectivity index (χ0) is 19.8. The van der Waals surface area contributed by atoms with Crippen LogP contribution in [0.5, 0.6) is 11.5 Å². The zero-order valence-corrected chi connectivity index (χ0v) is 15.7. The van der Waals surface area contributed by atoms with Crippen molar-refractivity contribution in [2.45, 2.75) is 0 Å². The molecule has 2 aromatic carbocycles. The number of carbonyl (C=O) groups excluding carboxylic acids is 1. The number of benzene rings is 2. The van der Waals surface area contributed by atoms with Crippen molar-refractivity contribution in [2.75, 3.05) is 39.2 Å². The average Bonchev–Trinajstić information content (AvgIpc) is 2.63. The average molecular weight is 394 g/mol. The molecule has 1 N–H and O–H groups in total. The smallest absolute Gasteiger partial charge is 0.294 e. The molecule has 0 unspecified atom stereocenters. The van der Waals surface area contributed by atoms with Crippen molar-refractivity contribution >= 4 is 28.9 Å². The second-order valence-corrected chi connectivity index (χ2v) is 6.14. The Morgan fingerprint density at radius 1 is 1.26 bits per heavy atom. The molecular formula is C18H20ClN3O5. The number of nitro benzene ring substituents is 1. The molecule has 0 saturated heterocycles. The van der Waals surface area contributed by atoms with Crippen LogP contribution < -0.4 is 14.8 Å². The molecule has 1 amide bonds. The standard InChI is InChI=1S/C18H20ClN3O5/c1-21(9-10-27-17-6-4-3-5-16(17)26-2)12-18(23)20-14-8-7-13(19)11-15(14)22(24)25/h3-8,11H,9-10,12H2,1-2H3,(H,20,23). The van der Waals surface area contributed by atoms with Crippen molar-refractivity contribution in [3.8, 4) is 11.5 Å². The molecule has 0 heterocycles. The van der Waals surface area contributed by atoms with E-state index in [2.05, 4.69) is 5.32 Å². The Morgan fingerprint density at radius 3 is 2.63 bits per heavy atom. The minimum absolute atomic E-state index is 0.0507. The van der Waals surface area contributed by atoms with Crippen molar-refractivity contribution in [1.29, 1.82) is 0 Å². The summed E-state index contributed by atoms with van der Waals surface area (Å²) in [7, 11) is 3.32. The Kier molecular flexibility index (Phi) is 7.39. The van der Waals surface area contributed by atoms with Gasteiger partial charge < -0.3 is 14.8 Å². The van der Waals surface area contributed by atoms with Crippen LogP contribution in [-0.2, 0) is 4.79 Å². The fourth-order valence-electron chi connectivity index (χ4n) is 2.32. The Morgan fingerprint density at radius 2 is 1.96 bits per heavy atom. The van der Waals surface area contributed by atoms with E-state index in [1.165, 1.54) is 18.2 Å². The van der Waals surface area contributed by atoms with E-state index in [1.807, 2.05) is 12.1 Å². The van der Waals surface area contributed by atoms with Crippen LogP contribution in [0.15, 0.2) is 42.5 Å². The van der Waals surface area contributed by atoms with Gasteiger partial charge in [-0.05, 0) is 31.3 Å². The lowest BCUT2D eigenvalue weighted by molar-refractivity contribution is -0.383. The molecule has 0 saturated carbocycles. The van der Waals surface area contributed by atoms with Crippen LogP contribution in [0.1, 0.15) is 0 Å². The van der Waals surface area contributed by atoms with E-state index in [-0.39, 0.29) is 28.8 Å². The highest BCUT2D eigenvalue weighted by Crippen LogP contribution is 2.28. The lowest BCUT2D eigenvalue weighted by Gasteiger charge is -2.17. The summed E-state index contributed by atoms with van der Waals surface area (Å²) >= 11 is 5.76. The van der Waals surface area contributed by atoms with Crippen LogP contribution in [0.25, 0.3) is 0 Å². The first kappa shape index (κ1) is 20.5. The van der Waals surface area contributed by atoms with Crippen molar-refractivity contribution in [3.05, 3.63) is 57.6 Å². The quantitative estimate of drug-likeness (QED) is 0.519. The van der Waals surface area contributed by atoms with E-state index in [9.17, 15) is 14.9 Å². The number of hydrogen-bond acceptors (Lipinski definition) is 6. The number of nitro groups is 1. The van der Waals surface area contributed by atoms with Gasteiger partial charge in [-0.1, -0.05) is 23.7 Å². The van der Waals surface area contributed by atoms with E-state index in [4.69, 9.17) is 21.1 Å². The third kappa shape index (κ3) is 6.12. The highest BCUT2D eigenvalue weighted by molar-refractivity contribution is 6.31. The molecule has 0 spiro atoms. The Hall–Kier alpha value is -2.84. The fraction of sp³-hybridized carbons (Fsp3) is 0.278. The first-order chi connectivity index (χ1) is 12.9. The Labute approximate surface area is 161 Å². The van der Waals surface area contributed by atoms with Crippen LogP contribution >= 0.6 is 11.6 Å². The molecule has 144 valence electrons. The summed E-state index contributed by atoms with van der Waals surface area (Å²) < 4.78 is 10.9. The molecule has 0 aliphatic heterocycles. The number of ether oxygens (including phenoxy) is 2. The van der Waals surface area contributed by atoms with Crippen molar-refractivity contribution in [2.24, 2.45) is 0 Å². The van der Waals surface area contributed by atoms with Gasteiger partial charge in [0.2, 0.25) is 5.91 Å². The van der Waals surface area contributed by atoms with Crippen molar-refractivity contribution in [3.63, 3.8) is 0 Å². The van der Waals surface area contributed by atoms with Crippen LogP contribution in [0.2, 0.25) is 5.02 Å². The van der Waals surface area contributed by atoms with Crippen LogP contribution in [0.3, 0.4) is 0 Å². The first-order valence-electron chi connectivity index (χ1n) is 8.09. The number of nitrogens with one attached hydrogen (secondary N) is 1. The molecule has 9 heteroatoms. The molecule has 0 fully saturated rings. The highest BCUT2D eigenvalue weighted by Gasteiger charge is 2.17. The normalized spacial score (nSPS) is 10.5. The Bertz CT molecular complexity index is 815. The maximum absolute atomic E-state index is 12.1. The van der Waals surface area contributed by atoms with Crippen LogP contribution in [0.4, 0.5) is 11.4 Å². The number of anilines is 1. The van der Waals surface area contributed by atoms with Crippen LogP contribution in [0, 0.1) is 10.1 Å². The van der Waals surface area contributed by atoms with Gasteiger partial charge in [0.1, 0.15) is 12.3 Å². The SMILES string of the molecule is COc1ccccc1OCCN(C)CC(=O)Nc1ccc(Cl)cc1[N+](=O)[O-]. The molecular weight excluding hydrogens is 374 g/mol. The van der Waals surface area contributed by atoms with Crippen LogP contribution in [-0.4, -0.2) is 49.6 Å². The molecule has 8 nitrogen and oxygen atoms in total. The summed E-state index contributed by atoms with van der Waals surface area (Å²) in [5.41, 5.74) is -0.147. The molecule has 0 aromatic heterocycles. The fourth-order valence-corrected chi connectivity index (χ4v) is 2.49. The molecule has 0 bridgehead atoms. The van der Waals surface area contributed by atoms with Gasteiger partial charge in [-0.25, -0.2) is 0 Å². The minimum Gasteiger partial charge on any atom is -0.493 e. The lowest BCUT2D eigenvalue weighted by Crippen LogP contribution is -2.33. The number of carbonyl (C=O) groups is 1. The van der Waals surface area contributed by atoms with Crippen molar-refractivity contribution < 1.29 is 19.2 Å². The van der Waals surface area contributed by atoms with E-state index in [0.717, 1.165) is 0 Å². The van der Waals surface area contributed by atoms with Gasteiger partial charge >= 0.3 is 0 Å². The summed E-state index contributed by atoms with van der Waals surface area (Å²) in [6.45, 7) is 0.883. The van der Waals surface area contributed by atoms with Crippen molar-refractivity contribution in [1.82, 2.24) is 4.90 Å². The molecule has 0 aliphatic rings. The second-order valence-electron chi connectivity index (χ2n) is 5.70. The number of hydrogen-bond donors (Lipinski definition) is 1. The van der Waals surface area contributed by atoms with Gasteiger partial charge in [0.15, 0.2) is 11.5 Å². The number of nitrogens with zero attached hydrogens (tertiary/aromatic N) is 2. The number of methoxy groups -OCH3 is 1. The van der Waals surface area contributed by atoms with E-state index < -0.39 is 4.92 Å². The highest BCUT2D eigenvalue weighted by atomic mass is 35.5. The number of para-hydroxylation sites is 2. The summed E-state index contributed by atoms with van der Waals surface area (Å²) in [6.07, 6.45) is 0. The molecule has 27 heavy (non-hydrogen) atoms. The third-order valence-corrected chi connectivity index (χ3v) is 3.88. The summed E-state index contributed by atoms with van der Waals surface area (Å²) in [5.74, 6) is 0.878. The van der Waals surface area contributed by atoms with Gasteiger partial charge in [-0.15, -0.1) is 0 Å². The van der Waals surface area contributed by atoms with Gasteiger partial charge in [-0.3, -0.25) is 19.8 Å². The zero-order valence-electron chi connectivity index (χ0n) is 15.0. The lowest BCUT2D eigenvalue weighted by atomic mass is 10.2. The predicted octanol–water partition coefficient (Wildman–Crippen LogP) is 3.21. The largest absolute Gasteiger partial charge is 0.493 e. The first-order valence-corrected chi connectivity index (χ1v) is 8.46. The molecule has 2 aromatic rings. The maximum atomic E-state index is 12.1. The summed E-state index contributed by atoms with van der Waals surface area (Å²) in [6, 6.07) is 11.4. The van der Waals surface area contributed by atoms with E-state index >= 15 is 0 Å². The van der Waals surface area contributed by atoms with Gasteiger partial charge in [0.05, 0.1) is 18.6 Å². The van der Waals surface area contributed by atoms with E-state index in [0.29, 0.717) is 24.7 Å². The monoisotopic (exact) mass is 393 g/mol.